The number of halogens is 3. The van der Waals surface area contributed by atoms with Crippen molar-refractivity contribution in [3.8, 4) is 17.1 Å². The topological polar surface area (TPSA) is 59.7 Å². The lowest BCUT2D eigenvalue weighted by molar-refractivity contribution is -0.138. The van der Waals surface area contributed by atoms with E-state index in [9.17, 15) is 18.0 Å². The Bertz CT molecular complexity index is 772. The van der Waals surface area contributed by atoms with Crippen molar-refractivity contribution in [3.05, 3.63) is 47.7 Å². The molecule has 0 aliphatic rings. The van der Waals surface area contributed by atoms with Crippen molar-refractivity contribution in [2.75, 3.05) is 7.11 Å². The van der Waals surface area contributed by atoms with E-state index in [1.807, 2.05) is 0 Å². The SMILES string of the molecule is CC/C(=C\C(=O)O)c1ccc(-c2cccc(C(F)(F)F)c2OC)o1. The summed E-state index contributed by atoms with van der Waals surface area (Å²) in [6, 6.07) is 6.64. The molecule has 1 N–H and O–H groups in total. The van der Waals surface area contributed by atoms with Gasteiger partial charge in [-0.1, -0.05) is 13.0 Å². The molecule has 0 fully saturated rings. The average Bonchev–Trinajstić information content (AvgIpc) is 3.00. The minimum Gasteiger partial charge on any atom is -0.495 e. The highest BCUT2D eigenvalue weighted by atomic mass is 19.4. The molecule has 0 aliphatic heterocycles. The Hall–Kier alpha value is -2.70. The fourth-order valence-corrected chi connectivity index (χ4v) is 2.33. The van der Waals surface area contributed by atoms with E-state index in [0.29, 0.717) is 12.0 Å². The molecule has 0 amide bonds. The number of carboxylic acid groups (broad SMARTS) is 1. The zero-order valence-corrected chi connectivity index (χ0v) is 13.0. The summed E-state index contributed by atoms with van der Waals surface area (Å²) in [5.41, 5.74) is -0.332. The molecule has 0 spiro atoms. The van der Waals surface area contributed by atoms with Gasteiger partial charge in [0.2, 0.25) is 0 Å². The number of para-hydroxylation sites is 1. The number of ether oxygens (including phenoxy) is 1. The van der Waals surface area contributed by atoms with Gasteiger partial charge in [-0.15, -0.1) is 0 Å². The Morgan fingerprint density at radius 2 is 2.00 bits per heavy atom. The zero-order chi connectivity index (χ0) is 17.9. The van der Waals surface area contributed by atoms with Gasteiger partial charge in [-0.05, 0) is 30.7 Å². The third-order valence-electron chi connectivity index (χ3n) is 3.39. The van der Waals surface area contributed by atoms with Crippen molar-refractivity contribution in [2.45, 2.75) is 19.5 Å². The molecule has 0 atom stereocenters. The van der Waals surface area contributed by atoms with E-state index < -0.39 is 17.7 Å². The lowest BCUT2D eigenvalue weighted by Gasteiger charge is -2.14. The molecule has 0 unspecified atom stereocenters. The van der Waals surface area contributed by atoms with Crippen LogP contribution in [0.15, 0.2) is 40.8 Å². The molecule has 2 aromatic rings. The van der Waals surface area contributed by atoms with Crippen LogP contribution in [0.4, 0.5) is 13.2 Å². The predicted octanol–water partition coefficient (Wildman–Crippen LogP) is 4.85. The van der Waals surface area contributed by atoms with Gasteiger partial charge < -0.3 is 14.3 Å². The van der Waals surface area contributed by atoms with Crippen LogP contribution in [0, 0.1) is 0 Å². The van der Waals surface area contributed by atoms with Crippen molar-refractivity contribution >= 4 is 11.5 Å². The third-order valence-corrected chi connectivity index (χ3v) is 3.39. The Balaban J connectivity index is 2.53. The summed E-state index contributed by atoms with van der Waals surface area (Å²) >= 11 is 0. The van der Waals surface area contributed by atoms with E-state index in [1.165, 1.54) is 24.3 Å². The van der Waals surface area contributed by atoms with Crippen LogP contribution in [0.5, 0.6) is 5.75 Å². The molecule has 2 rings (SSSR count). The molecule has 0 saturated heterocycles. The molecule has 128 valence electrons. The molecule has 0 saturated carbocycles. The molecule has 1 heterocycles. The van der Waals surface area contributed by atoms with Gasteiger partial charge in [-0.25, -0.2) is 4.79 Å². The van der Waals surface area contributed by atoms with Crippen LogP contribution in [0.1, 0.15) is 24.7 Å². The van der Waals surface area contributed by atoms with Crippen molar-refractivity contribution in [1.82, 2.24) is 0 Å². The summed E-state index contributed by atoms with van der Waals surface area (Å²) in [4.78, 5) is 10.8. The molecule has 7 heteroatoms. The first kappa shape index (κ1) is 17.7. The monoisotopic (exact) mass is 340 g/mol. The van der Waals surface area contributed by atoms with Gasteiger partial charge >= 0.3 is 12.1 Å². The normalized spacial score (nSPS) is 12.3. The summed E-state index contributed by atoms with van der Waals surface area (Å²) in [5, 5.41) is 8.85. The van der Waals surface area contributed by atoms with Crippen LogP contribution in [0.3, 0.4) is 0 Å². The number of alkyl halides is 3. The van der Waals surface area contributed by atoms with Crippen molar-refractivity contribution in [2.24, 2.45) is 0 Å². The number of methoxy groups -OCH3 is 1. The summed E-state index contributed by atoms with van der Waals surface area (Å²) in [7, 11) is 1.15. The minimum absolute atomic E-state index is 0.143. The second-order valence-corrected chi connectivity index (χ2v) is 4.91. The largest absolute Gasteiger partial charge is 0.495 e. The maximum absolute atomic E-state index is 13.1. The number of rotatable bonds is 5. The number of benzene rings is 1. The fourth-order valence-electron chi connectivity index (χ4n) is 2.33. The average molecular weight is 340 g/mol. The van der Waals surface area contributed by atoms with Crippen LogP contribution in [0.2, 0.25) is 0 Å². The molecule has 1 aromatic heterocycles. The highest BCUT2D eigenvalue weighted by Gasteiger charge is 2.35. The Morgan fingerprint density at radius 3 is 2.54 bits per heavy atom. The van der Waals surface area contributed by atoms with E-state index in [1.54, 1.807) is 6.92 Å². The number of allylic oxidation sites excluding steroid dienone is 1. The number of furan rings is 1. The lowest BCUT2D eigenvalue weighted by atomic mass is 10.1. The first-order valence-electron chi connectivity index (χ1n) is 7.06. The van der Waals surface area contributed by atoms with E-state index >= 15 is 0 Å². The van der Waals surface area contributed by atoms with E-state index in [0.717, 1.165) is 19.3 Å². The number of hydrogen-bond acceptors (Lipinski definition) is 3. The fraction of sp³-hybridized carbons (Fsp3) is 0.235. The molecule has 0 aliphatic carbocycles. The number of carbonyl (C=O) groups is 1. The standard InChI is InChI=1S/C17H15F3O4/c1-3-10(9-15(21)22)13-7-8-14(24-13)11-5-4-6-12(16(11)23-2)17(18,19)20/h4-9H,3H2,1-2H3,(H,21,22)/b10-9+. The first-order valence-corrected chi connectivity index (χ1v) is 7.06. The van der Waals surface area contributed by atoms with E-state index in [4.69, 9.17) is 14.3 Å². The quantitative estimate of drug-likeness (QED) is 0.790. The predicted molar refractivity (Wildman–Crippen MR) is 81.6 cm³/mol. The van der Waals surface area contributed by atoms with Gasteiger partial charge in [0.05, 0.1) is 18.2 Å². The molecule has 24 heavy (non-hydrogen) atoms. The van der Waals surface area contributed by atoms with Gasteiger partial charge in [0, 0.05) is 11.6 Å². The zero-order valence-electron chi connectivity index (χ0n) is 13.0. The molecule has 4 nitrogen and oxygen atoms in total. The Labute approximate surface area is 136 Å². The molecule has 1 aromatic carbocycles. The second-order valence-electron chi connectivity index (χ2n) is 4.91. The Morgan fingerprint density at radius 1 is 1.29 bits per heavy atom. The molecular formula is C17H15F3O4. The maximum Gasteiger partial charge on any atom is 0.419 e. The molecule has 0 bridgehead atoms. The van der Waals surface area contributed by atoms with Gasteiger partial charge in [0.1, 0.15) is 17.3 Å². The van der Waals surface area contributed by atoms with Crippen LogP contribution >= 0.6 is 0 Å². The van der Waals surface area contributed by atoms with Gasteiger partial charge in [-0.2, -0.15) is 13.2 Å². The van der Waals surface area contributed by atoms with Crippen LogP contribution in [-0.4, -0.2) is 18.2 Å². The van der Waals surface area contributed by atoms with Gasteiger partial charge in [0.25, 0.3) is 0 Å². The number of carboxylic acids is 1. The second kappa shape index (κ2) is 6.82. The van der Waals surface area contributed by atoms with Crippen LogP contribution < -0.4 is 4.74 Å². The third kappa shape index (κ3) is 3.61. The summed E-state index contributed by atoms with van der Waals surface area (Å²) in [6.07, 6.45) is -3.15. The van der Waals surface area contributed by atoms with Gasteiger partial charge in [-0.3, -0.25) is 0 Å². The van der Waals surface area contributed by atoms with Crippen molar-refractivity contribution < 1.29 is 32.2 Å². The Kier molecular flexibility index (Phi) is 5.02. The maximum atomic E-state index is 13.1. The van der Waals surface area contributed by atoms with Crippen molar-refractivity contribution in [3.63, 3.8) is 0 Å². The van der Waals surface area contributed by atoms with Crippen LogP contribution in [-0.2, 0) is 11.0 Å². The molecular weight excluding hydrogens is 325 g/mol. The summed E-state index contributed by atoms with van der Waals surface area (Å²) in [5.74, 6) is -1.01. The van der Waals surface area contributed by atoms with Crippen molar-refractivity contribution in [1.29, 1.82) is 0 Å². The van der Waals surface area contributed by atoms with Crippen LogP contribution in [0.25, 0.3) is 16.9 Å². The first-order chi connectivity index (χ1) is 11.3. The highest BCUT2D eigenvalue weighted by molar-refractivity contribution is 5.89. The summed E-state index contributed by atoms with van der Waals surface area (Å²) in [6.45, 7) is 1.75. The van der Waals surface area contributed by atoms with E-state index in [2.05, 4.69) is 0 Å². The van der Waals surface area contributed by atoms with E-state index in [-0.39, 0.29) is 22.8 Å². The summed E-state index contributed by atoms with van der Waals surface area (Å²) < 4.78 is 49.7. The minimum atomic E-state index is -4.56. The highest BCUT2D eigenvalue weighted by Crippen LogP contribution is 2.42. The molecule has 0 radical (unpaired) electrons. The number of hydrogen-bond donors (Lipinski definition) is 1. The number of aliphatic carboxylic acids is 1. The lowest BCUT2D eigenvalue weighted by Crippen LogP contribution is -2.08. The van der Waals surface area contributed by atoms with Gasteiger partial charge in [0.15, 0.2) is 0 Å². The smallest absolute Gasteiger partial charge is 0.419 e.